The molecule has 0 aliphatic rings. The minimum absolute atomic E-state index is 0.177. The first-order chi connectivity index (χ1) is 11.2. The maximum absolute atomic E-state index is 12.9. The minimum Gasteiger partial charge on any atom is -0.266 e. The molecule has 120 valence electrons. The molecule has 1 amide bonds. The second kappa shape index (κ2) is 7.21. The maximum atomic E-state index is 12.9. The number of amides is 1. The lowest BCUT2D eigenvalue weighted by atomic mass is 10.1. The molecule has 2 heterocycles. The Hall–Kier alpha value is -1.76. The fourth-order valence-electron chi connectivity index (χ4n) is 2.23. The van der Waals surface area contributed by atoms with Crippen LogP contribution in [0.25, 0.3) is 10.1 Å². The molecule has 0 atom stereocenters. The average molecular weight is 346 g/mol. The standard InChI is InChI=1S/C17H18N2O2S2/c1-3-4-8-21-19(17-18-7-9-22-17)16(20)14-6-5-13-10-12(2)23-15(13)11-14/h5-7,9-11H,3-4,8H2,1-2H3. The third kappa shape index (κ3) is 3.60. The summed E-state index contributed by atoms with van der Waals surface area (Å²) in [4.78, 5) is 24.0. The van der Waals surface area contributed by atoms with Crippen molar-refractivity contribution in [2.45, 2.75) is 26.7 Å². The van der Waals surface area contributed by atoms with Gasteiger partial charge in [-0.2, -0.15) is 5.06 Å². The molecule has 6 heteroatoms. The first-order valence-corrected chi connectivity index (χ1v) is 9.25. The van der Waals surface area contributed by atoms with Crippen LogP contribution in [-0.4, -0.2) is 17.5 Å². The number of rotatable bonds is 6. The number of hydroxylamine groups is 1. The Morgan fingerprint density at radius 2 is 2.22 bits per heavy atom. The Bertz CT molecular complexity index is 796. The molecular weight excluding hydrogens is 328 g/mol. The van der Waals surface area contributed by atoms with E-state index in [9.17, 15) is 4.79 Å². The zero-order valence-corrected chi connectivity index (χ0v) is 14.7. The fourth-order valence-corrected chi connectivity index (χ4v) is 3.79. The van der Waals surface area contributed by atoms with Gasteiger partial charge in [0.25, 0.3) is 5.91 Å². The van der Waals surface area contributed by atoms with E-state index in [1.54, 1.807) is 17.5 Å². The number of fused-ring (bicyclic) bond motifs is 1. The van der Waals surface area contributed by atoms with Gasteiger partial charge in [0, 0.05) is 26.7 Å². The molecule has 0 bridgehead atoms. The lowest BCUT2D eigenvalue weighted by Crippen LogP contribution is -2.31. The molecule has 0 unspecified atom stereocenters. The van der Waals surface area contributed by atoms with Crippen LogP contribution in [0, 0.1) is 6.92 Å². The number of anilines is 1. The summed E-state index contributed by atoms with van der Waals surface area (Å²) in [5.41, 5.74) is 0.617. The Morgan fingerprint density at radius 1 is 1.35 bits per heavy atom. The van der Waals surface area contributed by atoms with Crippen LogP contribution in [0.2, 0.25) is 0 Å². The topological polar surface area (TPSA) is 42.4 Å². The normalized spacial score (nSPS) is 11.0. The van der Waals surface area contributed by atoms with Gasteiger partial charge in [-0.1, -0.05) is 19.4 Å². The van der Waals surface area contributed by atoms with Crippen LogP contribution in [-0.2, 0) is 4.84 Å². The van der Waals surface area contributed by atoms with Gasteiger partial charge in [0.2, 0.25) is 5.13 Å². The summed E-state index contributed by atoms with van der Waals surface area (Å²) in [5, 5.41) is 4.89. The first kappa shape index (κ1) is 16.1. The fraction of sp³-hybridized carbons (Fsp3) is 0.294. The predicted octanol–water partition coefficient (Wildman–Crippen LogP) is 5.04. The van der Waals surface area contributed by atoms with Crippen LogP contribution in [0.15, 0.2) is 35.8 Å². The molecule has 0 aliphatic heterocycles. The molecule has 3 rings (SSSR count). The quantitative estimate of drug-likeness (QED) is 0.463. The Balaban J connectivity index is 1.88. The minimum atomic E-state index is -0.177. The molecule has 4 nitrogen and oxygen atoms in total. The molecule has 0 radical (unpaired) electrons. The smallest absolute Gasteiger partial charge is 0.266 e. The van der Waals surface area contributed by atoms with Gasteiger partial charge in [0.05, 0.1) is 6.61 Å². The van der Waals surface area contributed by atoms with Crippen LogP contribution in [0.3, 0.4) is 0 Å². The van der Waals surface area contributed by atoms with Crippen LogP contribution >= 0.6 is 22.7 Å². The summed E-state index contributed by atoms with van der Waals surface area (Å²) in [6.07, 6.45) is 3.59. The highest BCUT2D eigenvalue weighted by Crippen LogP contribution is 2.27. The summed E-state index contributed by atoms with van der Waals surface area (Å²) in [6, 6.07) is 7.89. The van der Waals surface area contributed by atoms with E-state index in [4.69, 9.17) is 4.84 Å². The predicted molar refractivity (Wildman–Crippen MR) is 96.3 cm³/mol. The van der Waals surface area contributed by atoms with Crippen molar-refractivity contribution in [1.29, 1.82) is 0 Å². The molecule has 0 saturated heterocycles. The summed E-state index contributed by atoms with van der Waals surface area (Å²) in [5.74, 6) is -0.177. The van der Waals surface area contributed by atoms with E-state index in [1.807, 2.05) is 23.6 Å². The number of carbonyl (C=O) groups is 1. The summed E-state index contributed by atoms with van der Waals surface area (Å²) >= 11 is 3.08. The van der Waals surface area contributed by atoms with Crippen LogP contribution in [0.1, 0.15) is 35.0 Å². The molecule has 3 aromatic rings. The highest BCUT2D eigenvalue weighted by molar-refractivity contribution is 7.19. The first-order valence-electron chi connectivity index (χ1n) is 7.56. The zero-order valence-electron chi connectivity index (χ0n) is 13.1. The largest absolute Gasteiger partial charge is 0.284 e. The Morgan fingerprint density at radius 3 is 2.96 bits per heavy atom. The number of thiophene rings is 1. The third-order valence-electron chi connectivity index (χ3n) is 3.39. The monoisotopic (exact) mass is 346 g/mol. The second-order valence-electron chi connectivity index (χ2n) is 5.21. The van der Waals surface area contributed by atoms with E-state index in [-0.39, 0.29) is 5.91 Å². The number of hydrogen-bond donors (Lipinski definition) is 0. The van der Waals surface area contributed by atoms with Crippen molar-refractivity contribution in [3.8, 4) is 0 Å². The number of benzene rings is 1. The van der Waals surface area contributed by atoms with Gasteiger partial charge in [-0.25, -0.2) is 4.98 Å². The van der Waals surface area contributed by atoms with Gasteiger partial charge >= 0.3 is 0 Å². The zero-order chi connectivity index (χ0) is 16.2. The number of unbranched alkanes of at least 4 members (excludes halogenated alkanes) is 1. The molecule has 0 fully saturated rings. The van der Waals surface area contributed by atoms with Crippen molar-refractivity contribution >= 4 is 43.8 Å². The van der Waals surface area contributed by atoms with Gasteiger partial charge in [0.1, 0.15) is 0 Å². The maximum Gasteiger partial charge on any atom is 0.284 e. The van der Waals surface area contributed by atoms with E-state index >= 15 is 0 Å². The summed E-state index contributed by atoms with van der Waals surface area (Å²) < 4.78 is 1.11. The molecule has 2 aromatic heterocycles. The Kier molecular flexibility index (Phi) is 5.05. The van der Waals surface area contributed by atoms with Crippen LogP contribution < -0.4 is 5.06 Å². The second-order valence-corrected chi connectivity index (χ2v) is 7.37. The summed E-state index contributed by atoms with van der Waals surface area (Å²) in [6.45, 7) is 4.66. The van der Waals surface area contributed by atoms with Crippen molar-refractivity contribution in [3.05, 3.63) is 46.3 Å². The highest BCUT2D eigenvalue weighted by atomic mass is 32.1. The van der Waals surface area contributed by atoms with Gasteiger partial charge in [-0.3, -0.25) is 9.63 Å². The number of aryl methyl sites for hydroxylation is 1. The van der Waals surface area contributed by atoms with Crippen molar-refractivity contribution in [1.82, 2.24) is 4.98 Å². The lowest BCUT2D eigenvalue weighted by Gasteiger charge is -2.19. The Labute approximate surface area is 143 Å². The van der Waals surface area contributed by atoms with Crippen molar-refractivity contribution in [2.75, 3.05) is 11.7 Å². The molecule has 0 aliphatic carbocycles. The molecule has 0 saturated carbocycles. The highest BCUT2D eigenvalue weighted by Gasteiger charge is 2.21. The van der Waals surface area contributed by atoms with E-state index in [0.717, 1.165) is 22.9 Å². The van der Waals surface area contributed by atoms with Gasteiger partial charge in [-0.15, -0.1) is 22.7 Å². The van der Waals surface area contributed by atoms with Crippen molar-refractivity contribution < 1.29 is 9.63 Å². The lowest BCUT2D eigenvalue weighted by molar-refractivity contribution is 0.0640. The van der Waals surface area contributed by atoms with Gasteiger partial charge < -0.3 is 0 Å². The van der Waals surface area contributed by atoms with E-state index < -0.39 is 0 Å². The van der Waals surface area contributed by atoms with Gasteiger partial charge in [0.15, 0.2) is 0 Å². The number of hydrogen-bond acceptors (Lipinski definition) is 5. The van der Waals surface area contributed by atoms with Crippen molar-refractivity contribution in [2.24, 2.45) is 0 Å². The van der Waals surface area contributed by atoms with E-state index in [1.165, 1.54) is 21.3 Å². The number of thiazole rings is 1. The van der Waals surface area contributed by atoms with E-state index in [2.05, 4.69) is 24.9 Å². The molecule has 0 N–H and O–H groups in total. The van der Waals surface area contributed by atoms with Crippen molar-refractivity contribution in [3.63, 3.8) is 0 Å². The number of carbonyl (C=O) groups excluding carboxylic acids is 1. The summed E-state index contributed by atoms with van der Waals surface area (Å²) in [7, 11) is 0. The molecule has 0 spiro atoms. The van der Waals surface area contributed by atoms with Crippen LogP contribution in [0.5, 0.6) is 0 Å². The van der Waals surface area contributed by atoms with E-state index in [0.29, 0.717) is 17.3 Å². The molecule has 23 heavy (non-hydrogen) atoms. The number of nitrogens with zero attached hydrogens (tertiary/aromatic N) is 2. The number of aromatic nitrogens is 1. The SMILES string of the molecule is CCCCON(C(=O)c1ccc2cc(C)sc2c1)c1nccs1. The van der Waals surface area contributed by atoms with Gasteiger partial charge in [-0.05, 0) is 36.9 Å². The van der Waals surface area contributed by atoms with Crippen LogP contribution in [0.4, 0.5) is 5.13 Å². The molecular formula is C17H18N2O2S2. The third-order valence-corrected chi connectivity index (χ3v) is 5.14. The average Bonchev–Trinajstić information content (AvgIpc) is 3.18. The molecule has 1 aromatic carbocycles.